The lowest BCUT2D eigenvalue weighted by atomic mass is 10.2. The number of nitrogens with one attached hydrogen (secondary N) is 1. The second-order valence-electron chi connectivity index (χ2n) is 4.92. The summed E-state index contributed by atoms with van der Waals surface area (Å²) in [6.45, 7) is 1.18. The fourth-order valence-corrected chi connectivity index (χ4v) is 2.17. The number of ether oxygens (including phenoxy) is 2. The van der Waals surface area contributed by atoms with Crippen molar-refractivity contribution >= 4 is 40.8 Å². The molecule has 0 saturated heterocycles. The van der Waals surface area contributed by atoms with Crippen LogP contribution in [-0.4, -0.2) is 25.1 Å². The lowest BCUT2D eigenvalue weighted by molar-refractivity contribution is -0.149. The van der Waals surface area contributed by atoms with Gasteiger partial charge in [0.05, 0.1) is 15.7 Å². The SMILES string of the molecule is Cc1cccc(OCC(=O)OCC(=O)Nc2cccc(Cl)c2Cl)c1. The Hall–Kier alpha value is -2.24. The van der Waals surface area contributed by atoms with E-state index in [9.17, 15) is 9.59 Å². The Bertz CT molecular complexity index is 749. The zero-order chi connectivity index (χ0) is 17.5. The van der Waals surface area contributed by atoms with Gasteiger partial charge in [-0.1, -0.05) is 41.4 Å². The summed E-state index contributed by atoms with van der Waals surface area (Å²) in [7, 11) is 0. The summed E-state index contributed by atoms with van der Waals surface area (Å²) in [5, 5.41) is 3.06. The Morgan fingerprint density at radius 2 is 1.83 bits per heavy atom. The normalized spacial score (nSPS) is 10.1. The van der Waals surface area contributed by atoms with Crippen molar-refractivity contribution in [1.82, 2.24) is 0 Å². The lowest BCUT2D eigenvalue weighted by Gasteiger charge is -2.09. The first-order chi connectivity index (χ1) is 11.5. The van der Waals surface area contributed by atoms with Crippen molar-refractivity contribution in [2.45, 2.75) is 6.92 Å². The Kier molecular flexibility index (Phi) is 6.46. The van der Waals surface area contributed by atoms with Crippen LogP contribution in [0.3, 0.4) is 0 Å². The average Bonchev–Trinajstić information content (AvgIpc) is 2.55. The zero-order valence-electron chi connectivity index (χ0n) is 12.8. The lowest BCUT2D eigenvalue weighted by Crippen LogP contribution is -2.23. The van der Waals surface area contributed by atoms with Crippen LogP contribution in [0, 0.1) is 6.92 Å². The number of aryl methyl sites for hydroxylation is 1. The maximum absolute atomic E-state index is 11.8. The Morgan fingerprint density at radius 3 is 2.58 bits per heavy atom. The van der Waals surface area contributed by atoms with E-state index in [1.807, 2.05) is 19.1 Å². The van der Waals surface area contributed by atoms with Crippen LogP contribution in [-0.2, 0) is 14.3 Å². The molecular weight excluding hydrogens is 353 g/mol. The van der Waals surface area contributed by atoms with Gasteiger partial charge in [0.2, 0.25) is 0 Å². The largest absolute Gasteiger partial charge is 0.482 e. The molecule has 0 heterocycles. The first-order valence-corrected chi connectivity index (χ1v) is 7.80. The molecule has 2 rings (SSSR count). The highest BCUT2D eigenvalue weighted by atomic mass is 35.5. The van der Waals surface area contributed by atoms with E-state index in [0.717, 1.165) is 5.56 Å². The van der Waals surface area contributed by atoms with Gasteiger partial charge in [-0.3, -0.25) is 4.79 Å². The third kappa shape index (κ3) is 5.44. The van der Waals surface area contributed by atoms with Crippen molar-refractivity contribution in [3.8, 4) is 5.75 Å². The molecule has 0 spiro atoms. The molecule has 0 radical (unpaired) electrons. The maximum Gasteiger partial charge on any atom is 0.344 e. The number of hydrogen-bond donors (Lipinski definition) is 1. The highest BCUT2D eigenvalue weighted by Gasteiger charge is 2.11. The fourth-order valence-electron chi connectivity index (χ4n) is 1.82. The summed E-state index contributed by atoms with van der Waals surface area (Å²) in [6, 6.07) is 12.1. The van der Waals surface area contributed by atoms with Crippen LogP contribution >= 0.6 is 23.2 Å². The molecule has 7 heteroatoms. The standard InChI is InChI=1S/C17H15Cl2NO4/c1-11-4-2-5-12(8-11)23-10-16(22)24-9-15(21)20-14-7-3-6-13(18)17(14)19/h2-8H,9-10H2,1H3,(H,20,21). The van der Waals surface area contributed by atoms with E-state index in [2.05, 4.69) is 5.32 Å². The van der Waals surface area contributed by atoms with Gasteiger partial charge in [-0.2, -0.15) is 0 Å². The van der Waals surface area contributed by atoms with Crippen LogP contribution in [0.5, 0.6) is 5.75 Å². The van der Waals surface area contributed by atoms with E-state index in [4.69, 9.17) is 32.7 Å². The monoisotopic (exact) mass is 367 g/mol. The first kappa shape index (κ1) is 18.1. The van der Waals surface area contributed by atoms with Crippen molar-refractivity contribution < 1.29 is 19.1 Å². The van der Waals surface area contributed by atoms with Gasteiger partial charge in [0.15, 0.2) is 13.2 Å². The maximum atomic E-state index is 11.8. The van der Waals surface area contributed by atoms with Crippen molar-refractivity contribution in [3.63, 3.8) is 0 Å². The number of benzene rings is 2. The van der Waals surface area contributed by atoms with Crippen molar-refractivity contribution in [3.05, 3.63) is 58.1 Å². The van der Waals surface area contributed by atoms with Gasteiger partial charge >= 0.3 is 5.97 Å². The first-order valence-electron chi connectivity index (χ1n) is 7.04. The van der Waals surface area contributed by atoms with Crippen LogP contribution in [0.15, 0.2) is 42.5 Å². The topological polar surface area (TPSA) is 64.6 Å². The van der Waals surface area contributed by atoms with Crippen LogP contribution in [0.2, 0.25) is 10.0 Å². The average molecular weight is 368 g/mol. The predicted molar refractivity (Wildman–Crippen MR) is 92.7 cm³/mol. The minimum atomic E-state index is -0.649. The molecule has 0 unspecified atom stereocenters. The molecule has 1 amide bonds. The number of hydrogen-bond acceptors (Lipinski definition) is 4. The van der Waals surface area contributed by atoms with Gasteiger partial charge < -0.3 is 14.8 Å². The van der Waals surface area contributed by atoms with Gasteiger partial charge in [-0.15, -0.1) is 0 Å². The third-order valence-corrected chi connectivity index (χ3v) is 3.76. The van der Waals surface area contributed by atoms with E-state index < -0.39 is 18.5 Å². The summed E-state index contributed by atoms with van der Waals surface area (Å²) in [4.78, 5) is 23.4. The molecule has 126 valence electrons. The van der Waals surface area contributed by atoms with Crippen LogP contribution in [0.25, 0.3) is 0 Å². The smallest absolute Gasteiger partial charge is 0.344 e. The van der Waals surface area contributed by atoms with Crippen LogP contribution < -0.4 is 10.1 Å². The molecule has 0 fully saturated rings. The van der Waals surface area contributed by atoms with E-state index >= 15 is 0 Å². The Morgan fingerprint density at radius 1 is 1.08 bits per heavy atom. The predicted octanol–water partition coefficient (Wildman–Crippen LogP) is 3.86. The molecule has 24 heavy (non-hydrogen) atoms. The van der Waals surface area contributed by atoms with Crippen molar-refractivity contribution in [2.24, 2.45) is 0 Å². The van der Waals surface area contributed by atoms with Gasteiger partial charge in [-0.25, -0.2) is 4.79 Å². The van der Waals surface area contributed by atoms with E-state index in [0.29, 0.717) is 16.5 Å². The van der Waals surface area contributed by atoms with Gasteiger partial charge in [-0.05, 0) is 36.8 Å². The molecule has 0 aliphatic heterocycles. The summed E-state index contributed by atoms with van der Waals surface area (Å²) in [6.07, 6.45) is 0. The molecule has 2 aromatic carbocycles. The van der Waals surface area contributed by atoms with E-state index in [1.165, 1.54) is 0 Å². The second kappa shape index (κ2) is 8.57. The zero-order valence-corrected chi connectivity index (χ0v) is 14.4. The molecule has 2 aromatic rings. The van der Waals surface area contributed by atoms with Crippen molar-refractivity contribution in [1.29, 1.82) is 0 Å². The van der Waals surface area contributed by atoms with Gasteiger partial charge in [0.25, 0.3) is 5.91 Å². The third-order valence-electron chi connectivity index (χ3n) is 2.94. The van der Waals surface area contributed by atoms with Gasteiger partial charge in [0, 0.05) is 0 Å². The number of amides is 1. The molecular formula is C17H15Cl2NO4. The Labute approximate surface area is 149 Å². The highest BCUT2D eigenvalue weighted by Crippen LogP contribution is 2.29. The second-order valence-corrected chi connectivity index (χ2v) is 5.70. The van der Waals surface area contributed by atoms with E-state index in [1.54, 1.807) is 30.3 Å². The number of anilines is 1. The summed E-state index contributed by atoms with van der Waals surface area (Å²) < 4.78 is 10.1. The summed E-state index contributed by atoms with van der Waals surface area (Å²) >= 11 is 11.8. The molecule has 0 aromatic heterocycles. The number of carbonyl (C=O) groups excluding carboxylic acids is 2. The quantitative estimate of drug-likeness (QED) is 0.787. The Balaban J connectivity index is 1.77. The molecule has 0 atom stereocenters. The number of halogens is 2. The van der Waals surface area contributed by atoms with Crippen LogP contribution in [0.1, 0.15) is 5.56 Å². The molecule has 1 N–H and O–H groups in total. The molecule has 0 aliphatic rings. The van der Waals surface area contributed by atoms with E-state index in [-0.39, 0.29) is 11.6 Å². The highest BCUT2D eigenvalue weighted by molar-refractivity contribution is 6.43. The molecule has 0 saturated carbocycles. The number of carbonyl (C=O) groups is 2. The summed E-state index contributed by atoms with van der Waals surface area (Å²) in [5.41, 5.74) is 1.36. The molecule has 0 bridgehead atoms. The summed E-state index contributed by atoms with van der Waals surface area (Å²) in [5.74, 6) is -0.617. The van der Waals surface area contributed by atoms with Gasteiger partial charge in [0.1, 0.15) is 5.75 Å². The number of esters is 1. The fraction of sp³-hybridized carbons (Fsp3) is 0.176. The van der Waals surface area contributed by atoms with Crippen LogP contribution in [0.4, 0.5) is 5.69 Å². The van der Waals surface area contributed by atoms with Crippen molar-refractivity contribution in [2.75, 3.05) is 18.5 Å². The minimum absolute atomic E-state index is 0.224. The molecule has 5 nitrogen and oxygen atoms in total. The minimum Gasteiger partial charge on any atom is -0.482 e. The number of rotatable bonds is 6. The molecule has 0 aliphatic carbocycles.